The Bertz CT molecular complexity index is 1320. The Morgan fingerprint density at radius 1 is 1.03 bits per heavy atom. The fourth-order valence-corrected chi connectivity index (χ4v) is 3.50. The second kappa shape index (κ2) is 8.89. The van der Waals surface area contributed by atoms with Crippen molar-refractivity contribution in [1.82, 2.24) is 9.55 Å². The van der Waals surface area contributed by atoms with E-state index < -0.39 is 12.0 Å². The van der Waals surface area contributed by atoms with E-state index in [1.54, 1.807) is 66.7 Å². The molecule has 1 aromatic heterocycles. The minimum Gasteiger partial charge on any atom is -0.378 e. The van der Waals surface area contributed by atoms with Crippen molar-refractivity contribution in [2.75, 3.05) is 5.32 Å². The molecule has 0 bridgehead atoms. The number of hydrogen-bond acceptors (Lipinski definition) is 4. The zero-order valence-electron chi connectivity index (χ0n) is 16.1. The molecule has 0 aliphatic carbocycles. The number of benzene rings is 3. The van der Waals surface area contributed by atoms with Gasteiger partial charge >= 0.3 is 0 Å². The van der Waals surface area contributed by atoms with Crippen LogP contribution in [0.1, 0.15) is 17.2 Å². The van der Waals surface area contributed by atoms with Gasteiger partial charge in [-0.3, -0.25) is 14.2 Å². The van der Waals surface area contributed by atoms with Crippen LogP contribution in [0.25, 0.3) is 10.9 Å². The van der Waals surface area contributed by atoms with E-state index in [4.69, 9.17) is 23.2 Å². The number of amides is 1. The maximum Gasteiger partial charge on any atom is 0.261 e. The van der Waals surface area contributed by atoms with Crippen molar-refractivity contribution in [3.63, 3.8) is 0 Å². The molecule has 0 saturated heterocycles. The molecule has 3 aromatic carbocycles. The van der Waals surface area contributed by atoms with E-state index in [9.17, 15) is 14.7 Å². The van der Waals surface area contributed by atoms with Crippen LogP contribution < -0.4 is 10.9 Å². The van der Waals surface area contributed by atoms with Gasteiger partial charge in [0.2, 0.25) is 0 Å². The molecule has 2 N–H and O–H groups in total. The maximum absolute atomic E-state index is 13.0. The smallest absolute Gasteiger partial charge is 0.261 e. The minimum absolute atomic E-state index is 0.266. The molecule has 1 amide bonds. The summed E-state index contributed by atoms with van der Waals surface area (Å²) in [5.74, 6) is -0.592. The molecule has 8 heteroatoms. The number of rotatable bonds is 5. The molecule has 0 spiro atoms. The first-order valence-corrected chi connectivity index (χ1v) is 10.1. The fourth-order valence-electron chi connectivity index (χ4n) is 3.18. The average Bonchev–Trinajstić information content (AvgIpc) is 2.78. The highest BCUT2D eigenvalue weighted by Crippen LogP contribution is 2.23. The highest BCUT2D eigenvalue weighted by atomic mass is 35.5. The molecular weight excluding hydrogens is 437 g/mol. The number of nitrogens with zero attached hydrogens (tertiary/aromatic N) is 2. The summed E-state index contributed by atoms with van der Waals surface area (Å²) in [4.78, 5) is 29.7. The van der Waals surface area contributed by atoms with E-state index in [1.165, 1.54) is 10.9 Å². The molecule has 0 radical (unpaired) electrons. The van der Waals surface area contributed by atoms with Crippen molar-refractivity contribution in [2.45, 2.75) is 12.6 Å². The molecule has 1 unspecified atom stereocenters. The van der Waals surface area contributed by atoms with Crippen LogP contribution in [-0.2, 0) is 11.3 Å². The van der Waals surface area contributed by atoms with Gasteiger partial charge in [-0.2, -0.15) is 0 Å². The van der Waals surface area contributed by atoms with Crippen LogP contribution in [0.15, 0.2) is 77.9 Å². The first-order chi connectivity index (χ1) is 14.9. The second-order valence-electron chi connectivity index (χ2n) is 6.96. The van der Waals surface area contributed by atoms with E-state index in [1.807, 2.05) is 0 Å². The van der Waals surface area contributed by atoms with Crippen LogP contribution in [0, 0.1) is 0 Å². The Hall–Kier alpha value is -3.19. The largest absolute Gasteiger partial charge is 0.378 e. The van der Waals surface area contributed by atoms with Gasteiger partial charge in [0.05, 0.1) is 33.8 Å². The molecule has 0 fully saturated rings. The number of aliphatic hydroxyl groups is 1. The number of nitrogens with one attached hydrogen (secondary N) is 1. The summed E-state index contributed by atoms with van der Waals surface area (Å²) in [6, 6.07) is 18.6. The van der Waals surface area contributed by atoms with Gasteiger partial charge in [-0.25, -0.2) is 4.98 Å². The molecule has 1 atom stereocenters. The van der Waals surface area contributed by atoms with Gasteiger partial charge in [-0.15, -0.1) is 0 Å². The number of aromatic nitrogens is 2. The summed E-state index contributed by atoms with van der Waals surface area (Å²) < 4.78 is 1.45. The fraction of sp³-hybridized carbons (Fsp3) is 0.0870. The average molecular weight is 454 g/mol. The lowest BCUT2D eigenvalue weighted by molar-refractivity contribution is -0.124. The third kappa shape index (κ3) is 4.61. The van der Waals surface area contributed by atoms with E-state index in [2.05, 4.69) is 10.3 Å². The predicted octanol–water partition coefficient (Wildman–Crippen LogP) is 4.42. The summed E-state index contributed by atoms with van der Waals surface area (Å²) in [6.07, 6.45) is 0.141. The Morgan fingerprint density at radius 3 is 2.55 bits per heavy atom. The van der Waals surface area contributed by atoms with Crippen molar-refractivity contribution in [1.29, 1.82) is 0 Å². The number of fused-ring (bicyclic) bond motifs is 1. The van der Waals surface area contributed by atoms with E-state index in [0.717, 1.165) is 5.56 Å². The zero-order valence-corrected chi connectivity index (χ0v) is 17.6. The van der Waals surface area contributed by atoms with Crippen LogP contribution >= 0.6 is 23.2 Å². The van der Waals surface area contributed by atoms with Crippen molar-refractivity contribution in [2.24, 2.45) is 0 Å². The molecule has 0 aliphatic rings. The standard InChI is InChI=1S/C23H17Cl2N3O3/c24-18-8-6-14(10-19(18)25)12-28-13-26-20-9-7-16(11-17(20)23(28)31)27-22(30)21(29)15-4-2-1-3-5-15/h1-11,13,21,29H,12H2,(H,27,30). The van der Waals surface area contributed by atoms with Gasteiger partial charge in [-0.05, 0) is 41.5 Å². The third-order valence-electron chi connectivity index (χ3n) is 4.79. The summed E-state index contributed by atoms with van der Waals surface area (Å²) in [7, 11) is 0. The molecule has 4 rings (SSSR count). The molecule has 4 aromatic rings. The minimum atomic E-state index is -1.32. The van der Waals surface area contributed by atoms with E-state index in [0.29, 0.717) is 32.2 Å². The lowest BCUT2D eigenvalue weighted by atomic mass is 10.1. The lowest BCUT2D eigenvalue weighted by Crippen LogP contribution is -2.22. The van der Waals surface area contributed by atoms with Gasteiger partial charge in [0.15, 0.2) is 6.10 Å². The molecule has 156 valence electrons. The van der Waals surface area contributed by atoms with Crippen molar-refractivity contribution < 1.29 is 9.90 Å². The second-order valence-corrected chi connectivity index (χ2v) is 7.77. The van der Waals surface area contributed by atoms with Crippen LogP contribution in [0.3, 0.4) is 0 Å². The van der Waals surface area contributed by atoms with Crippen LogP contribution in [0.5, 0.6) is 0 Å². The van der Waals surface area contributed by atoms with Crippen LogP contribution in [-0.4, -0.2) is 20.6 Å². The molecule has 6 nitrogen and oxygen atoms in total. The maximum atomic E-state index is 13.0. The molecule has 0 aliphatic heterocycles. The first-order valence-electron chi connectivity index (χ1n) is 9.39. The predicted molar refractivity (Wildman–Crippen MR) is 122 cm³/mol. The monoisotopic (exact) mass is 453 g/mol. The Labute approximate surface area is 187 Å². The third-order valence-corrected chi connectivity index (χ3v) is 5.53. The molecule has 1 heterocycles. The summed E-state index contributed by atoms with van der Waals surface area (Å²) >= 11 is 12.0. The number of carbonyl (C=O) groups excluding carboxylic acids is 1. The van der Waals surface area contributed by atoms with Crippen LogP contribution in [0.4, 0.5) is 5.69 Å². The summed E-state index contributed by atoms with van der Waals surface area (Å²) in [5, 5.41) is 14.1. The van der Waals surface area contributed by atoms with Gasteiger partial charge in [0, 0.05) is 5.69 Å². The van der Waals surface area contributed by atoms with Crippen LogP contribution in [0.2, 0.25) is 10.0 Å². The topological polar surface area (TPSA) is 84.2 Å². The van der Waals surface area contributed by atoms with Crippen molar-refractivity contribution in [3.05, 3.63) is 105 Å². The first kappa shape index (κ1) is 21.1. The van der Waals surface area contributed by atoms with E-state index in [-0.39, 0.29) is 12.1 Å². The normalized spacial score (nSPS) is 12.0. The lowest BCUT2D eigenvalue weighted by Gasteiger charge is -2.12. The van der Waals surface area contributed by atoms with Gasteiger partial charge in [-0.1, -0.05) is 59.6 Å². The number of anilines is 1. The highest BCUT2D eigenvalue weighted by Gasteiger charge is 2.17. The summed E-state index contributed by atoms with van der Waals surface area (Å²) in [6.45, 7) is 0.266. The van der Waals surface area contributed by atoms with Gasteiger partial charge < -0.3 is 10.4 Å². The number of carbonyl (C=O) groups is 1. The highest BCUT2D eigenvalue weighted by molar-refractivity contribution is 6.42. The Kier molecular flexibility index (Phi) is 6.04. The number of halogens is 2. The summed E-state index contributed by atoms with van der Waals surface area (Å²) in [5.41, 5.74) is 1.89. The van der Waals surface area contributed by atoms with Crippen molar-refractivity contribution in [3.8, 4) is 0 Å². The number of aliphatic hydroxyl groups excluding tert-OH is 1. The van der Waals surface area contributed by atoms with E-state index >= 15 is 0 Å². The van der Waals surface area contributed by atoms with Gasteiger partial charge in [0.25, 0.3) is 11.5 Å². The molecule has 0 saturated carbocycles. The molecule has 31 heavy (non-hydrogen) atoms. The molecular formula is C23H17Cl2N3O3. The Morgan fingerprint density at radius 2 is 1.81 bits per heavy atom. The SMILES string of the molecule is O=C(Nc1ccc2ncn(Cc3ccc(Cl)c(Cl)c3)c(=O)c2c1)C(O)c1ccccc1. The van der Waals surface area contributed by atoms with Gasteiger partial charge in [0.1, 0.15) is 0 Å². The van der Waals surface area contributed by atoms with Crippen molar-refractivity contribution >= 4 is 45.7 Å². The Balaban J connectivity index is 1.60. The quantitative estimate of drug-likeness (QED) is 0.468. The zero-order chi connectivity index (χ0) is 22.0. The number of hydrogen-bond donors (Lipinski definition) is 2.